The van der Waals surface area contributed by atoms with Gasteiger partial charge in [0, 0.05) is 56.9 Å². The molecule has 1 atom stereocenters. The molecule has 0 saturated carbocycles. The number of anilines is 1. The Kier molecular flexibility index (Phi) is 9.35. The molecule has 2 aromatic rings. The van der Waals surface area contributed by atoms with Crippen LogP contribution in [0.1, 0.15) is 43.1 Å². The van der Waals surface area contributed by atoms with Crippen LogP contribution in [-0.2, 0) is 14.3 Å². The second kappa shape index (κ2) is 13.1. The minimum absolute atomic E-state index is 0.0602. The molecule has 11 nitrogen and oxygen atoms in total. The number of nitrogens with zero attached hydrogens (tertiary/aromatic N) is 4. The van der Waals surface area contributed by atoms with Gasteiger partial charge in [-0.1, -0.05) is 30.3 Å². The van der Waals surface area contributed by atoms with Gasteiger partial charge in [0.25, 0.3) is 5.91 Å². The molecular formula is C28H35N5O6. The molecule has 2 N–H and O–H groups in total. The van der Waals surface area contributed by atoms with E-state index in [9.17, 15) is 24.3 Å². The van der Waals surface area contributed by atoms with E-state index in [0.717, 1.165) is 37.2 Å². The Morgan fingerprint density at radius 2 is 1.64 bits per heavy atom. The van der Waals surface area contributed by atoms with Crippen molar-refractivity contribution in [2.75, 3.05) is 50.8 Å². The zero-order chi connectivity index (χ0) is 27.8. The fraction of sp³-hybridized carbons (Fsp3) is 0.464. The van der Waals surface area contributed by atoms with Gasteiger partial charge < -0.3 is 29.9 Å². The van der Waals surface area contributed by atoms with Crippen LogP contribution < -0.4 is 10.2 Å². The molecule has 0 aliphatic carbocycles. The number of aromatic nitrogens is 1. The molecule has 0 unspecified atom stereocenters. The molecule has 4 rings (SSSR count). The Morgan fingerprint density at radius 1 is 0.974 bits per heavy atom. The number of hydrogen-bond donors (Lipinski definition) is 2. The number of hydrogen-bond acceptors (Lipinski definition) is 7. The Bertz CT molecular complexity index is 1180. The highest BCUT2D eigenvalue weighted by Crippen LogP contribution is 2.27. The van der Waals surface area contributed by atoms with E-state index in [1.165, 1.54) is 4.90 Å². The van der Waals surface area contributed by atoms with Gasteiger partial charge in [0.2, 0.25) is 5.91 Å². The van der Waals surface area contributed by atoms with Crippen molar-refractivity contribution in [3.63, 3.8) is 0 Å². The number of carboxylic acids is 1. The van der Waals surface area contributed by atoms with Crippen molar-refractivity contribution in [1.82, 2.24) is 20.1 Å². The quantitative estimate of drug-likeness (QED) is 0.499. The lowest BCUT2D eigenvalue weighted by molar-refractivity contribution is -0.138. The first-order chi connectivity index (χ1) is 18.9. The molecule has 208 valence electrons. The van der Waals surface area contributed by atoms with Gasteiger partial charge in [-0.15, -0.1) is 0 Å². The van der Waals surface area contributed by atoms with Crippen LogP contribution in [-0.4, -0.2) is 95.7 Å². The molecule has 0 spiro atoms. The van der Waals surface area contributed by atoms with Crippen LogP contribution in [0.2, 0.25) is 0 Å². The third-order valence-corrected chi connectivity index (χ3v) is 6.95. The van der Waals surface area contributed by atoms with Crippen LogP contribution in [0.4, 0.5) is 10.5 Å². The number of amides is 3. The second-order valence-electron chi connectivity index (χ2n) is 9.63. The largest absolute Gasteiger partial charge is 0.481 e. The number of piperazine rings is 1. The van der Waals surface area contributed by atoms with E-state index >= 15 is 0 Å². The SMILES string of the molecule is CCOC(=O)N1CCN(C(=O)[C@H](CCC(=O)O)NC(=O)c2cc(N3CCCC3)cc(-c3ccccc3)n2)CC1. The van der Waals surface area contributed by atoms with Gasteiger partial charge in [-0.2, -0.15) is 0 Å². The van der Waals surface area contributed by atoms with E-state index in [0.29, 0.717) is 18.8 Å². The maximum Gasteiger partial charge on any atom is 0.409 e. The van der Waals surface area contributed by atoms with Crippen molar-refractivity contribution < 1.29 is 29.0 Å². The van der Waals surface area contributed by atoms with Gasteiger partial charge in [-0.3, -0.25) is 14.4 Å². The number of nitrogens with one attached hydrogen (secondary N) is 1. The predicted molar refractivity (Wildman–Crippen MR) is 144 cm³/mol. The monoisotopic (exact) mass is 537 g/mol. The van der Waals surface area contributed by atoms with E-state index in [2.05, 4.69) is 15.2 Å². The Balaban J connectivity index is 1.53. The van der Waals surface area contributed by atoms with Gasteiger partial charge in [0.05, 0.1) is 12.3 Å². The second-order valence-corrected chi connectivity index (χ2v) is 9.63. The normalized spacial score (nSPS) is 16.1. The third-order valence-electron chi connectivity index (χ3n) is 6.95. The number of ether oxygens (including phenoxy) is 1. The van der Waals surface area contributed by atoms with Gasteiger partial charge in [-0.05, 0) is 38.3 Å². The number of carboxylic acid groups (broad SMARTS) is 1. The minimum Gasteiger partial charge on any atom is -0.481 e. The van der Waals surface area contributed by atoms with Crippen molar-refractivity contribution in [3.8, 4) is 11.3 Å². The molecule has 3 amide bonds. The highest BCUT2D eigenvalue weighted by molar-refractivity contribution is 5.97. The molecule has 2 aliphatic rings. The molecule has 2 aliphatic heterocycles. The molecule has 2 saturated heterocycles. The van der Waals surface area contributed by atoms with Crippen molar-refractivity contribution >= 4 is 29.6 Å². The molecule has 2 fully saturated rings. The number of rotatable bonds is 9. The molecule has 0 bridgehead atoms. The van der Waals surface area contributed by atoms with E-state index in [1.807, 2.05) is 36.4 Å². The van der Waals surface area contributed by atoms with Gasteiger partial charge in [-0.25, -0.2) is 9.78 Å². The van der Waals surface area contributed by atoms with Crippen molar-refractivity contribution in [1.29, 1.82) is 0 Å². The summed E-state index contributed by atoms with van der Waals surface area (Å²) in [5.41, 5.74) is 2.56. The molecule has 3 heterocycles. The minimum atomic E-state index is -1.06. The zero-order valence-electron chi connectivity index (χ0n) is 22.2. The third kappa shape index (κ3) is 7.24. The first kappa shape index (κ1) is 27.9. The standard InChI is InChI=1S/C28H35N5O6/c1-2-39-28(38)33-16-14-32(15-17-33)27(37)22(10-11-25(34)35)30-26(36)24-19-21(31-12-6-7-13-31)18-23(29-24)20-8-4-3-5-9-20/h3-5,8-9,18-19,22H,2,6-7,10-17H2,1H3,(H,30,36)(H,34,35)/t22-/m0/s1. The summed E-state index contributed by atoms with van der Waals surface area (Å²) in [6, 6.07) is 12.2. The first-order valence-electron chi connectivity index (χ1n) is 13.4. The number of benzene rings is 1. The van der Waals surface area contributed by atoms with Gasteiger partial charge in [0.1, 0.15) is 11.7 Å². The van der Waals surface area contributed by atoms with E-state index < -0.39 is 24.0 Å². The summed E-state index contributed by atoms with van der Waals surface area (Å²) in [5.74, 6) is -1.98. The van der Waals surface area contributed by atoms with Crippen molar-refractivity contribution in [2.45, 2.75) is 38.6 Å². The lowest BCUT2D eigenvalue weighted by Gasteiger charge is -2.36. The summed E-state index contributed by atoms with van der Waals surface area (Å²) in [7, 11) is 0. The summed E-state index contributed by atoms with van der Waals surface area (Å²) in [5, 5.41) is 12.0. The molecule has 11 heteroatoms. The number of aliphatic carboxylic acids is 1. The fourth-order valence-electron chi connectivity index (χ4n) is 4.85. The molecular weight excluding hydrogens is 502 g/mol. The van der Waals surface area contributed by atoms with Crippen LogP contribution in [0.3, 0.4) is 0 Å². The van der Waals surface area contributed by atoms with Crippen LogP contribution in [0.15, 0.2) is 42.5 Å². The van der Waals surface area contributed by atoms with Crippen molar-refractivity contribution in [3.05, 3.63) is 48.2 Å². The van der Waals surface area contributed by atoms with E-state index in [1.54, 1.807) is 17.9 Å². The maximum absolute atomic E-state index is 13.5. The first-order valence-corrected chi connectivity index (χ1v) is 13.4. The Morgan fingerprint density at radius 3 is 2.28 bits per heavy atom. The van der Waals surface area contributed by atoms with Crippen LogP contribution >= 0.6 is 0 Å². The topological polar surface area (TPSA) is 132 Å². The molecule has 39 heavy (non-hydrogen) atoms. The average molecular weight is 538 g/mol. The number of carbonyl (C=O) groups is 4. The van der Waals surface area contributed by atoms with Gasteiger partial charge in [0.15, 0.2) is 0 Å². The summed E-state index contributed by atoms with van der Waals surface area (Å²) in [6.45, 7) is 4.88. The lowest BCUT2D eigenvalue weighted by atomic mass is 10.1. The Labute approximate surface area is 227 Å². The number of pyridine rings is 1. The zero-order valence-corrected chi connectivity index (χ0v) is 22.2. The highest BCUT2D eigenvalue weighted by atomic mass is 16.6. The van der Waals surface area contributed by atoms with Crippen LogP contribution in [0, 0.1) is 0 Å². The number of carbonyl (C=O) groups excluding carboxylic acids is 3. The van der Waals surface area contributed by atoms with Crippen molar-refractivity contribution in [2.24, 2.45) is 0 Å². The van der Waals surface area contributed by atoms with Crippen LogP contribution in [0.25, 0.3) is 11.3 Å². The van der Waals surface area contributed by atoms with E-state index in [-0.39, 0.29) is 44.1 Å². The maximum atomic E-state index is 13.5. The predicted octanol–water partition coefficient (Wildman–Crippen LogP) is 2.61. The summed E-state index contributed by atoms with van der Waals surface area (Å²) >= 11 is 0. The summed E-state index contributed by atoms with van der Waals surface area (Å²) in [6.07, 6.45) is 1.36. The van der Waals surface area contributed by atoms with E-state index in [4.69, 9.17) is 4.74 Å². The average Bonchev–Trinajstić information content (AvgIpc) is 3.50. The summed E-state index contributed by atoms with van der Waals surface area (Å²) in [4.78, 5) is 60.1. The molecule has 0 radical (unpaired) electrons. The molecule has 1 aromatic heterocycles. The summed E-state index contributed by atoms with van der Waals surface area (Å²) < 4.78 is 5.03. The highest BCUT2D eigenvalue weighted by Gasteiger charge is 2.31. The smallest absolute Gasteiger partial charge is 0.409 e. The lowest BCUT2D eigenvalue weighted by Crippen LogP contribution is -2.56. The fourth-order valence-corrected chi connectivity index (χ4v) is 4.85. The van der Waals surface area contributed by atoms with Crippen LogP contribution in [0.5, 0.6) is 0 Å². The Hall–Kier alpha value is -4.15. The molecule has 1 aromatic carbocycles. The van der Waals surface area contributed by atoms with Gasteiger partial charge >= 0.3 is 12.1 Å².